The molecule has 0 aliphatic carbocycles. The number of phenolic OH excluding ortho intramolecular Hbond substituents is 1. The molecule has 3 nitrogen and oxygen atoms in total. The van der Waals surface area contributed by atoms with Crippen molar-refractivity contribution in [3.8, 4) is 16.9 Å². The number of aromatic hydroxyl groups is 1. The van der Waals surface area contributed by atoms with Crippen molar-refractivity contribution in [2.45, 2.75) is 13.0 Å². The van der Waals surface area contributed by atoms with Gasteiger partial charge < -0.3 is 5.11 Å². The number of halogens is 2. The molecule has 0 amide bonds. The Hall–Kier alpha value is -1.91. The summed E-state index contributed by atoms with van der Waals surface area (Å²) in [5, 5.41) is 13.4. The molecule has 0 saturated heterocycles. The van der Waals surface area contributed by atoms with E-state index >= 15 is 0 Å². The van der Waals surface area contributed by atoms with Gasteiger partial charge in [0.05, 0.1) is 6.20 Å². The zero-order valence-electron chi connectivity index (χ0n) is 8.35. The molecule has 0 unspecified atom stereocenters. The zero-order valence-corrected chi connectivity index (χ0v) is 8.35. The van der Waals surface area contributed by atoms with Gasteiger partial charge in [-0.3, -0.25) is 4.68 Å². The molecule has 2 rings (SSSR count). The summed E-state index contributed by atoms with van der Waals surface area (Å²) in [6, 6.07) is 6.71. The highest BCUT2D eigenvalue weighted by Crippen LogP contribution is 2.27. The van der Waals surface area contributed by atoms with E-state index < -0.39 is 13.0 Å². The standard InChI is InChI=1S/C11H10F2N2O/c12-11(13)7-15-6-8(5-14-15)9-3-1-2-4-10(9)16/h1-6,11,16H,7H2. The average Bonchev–Trinajstić information content (AvgIpc) is 2.66. The van der Waals surface area contributed by atoms with E-state index in [1.54, 1.807) is 24.3 Å². The Bertz CT molecular complexity index is 482. The molecular formula is C11H10F2N2O. The maximum Gasteiger partial charge on any atom is 0.257 e. The molecule has 16 heavy (non-hydrogen) atoms. The second kappa shape index (κ2) is 4.30. The first-order chi connectivity index (χ1) is 7.66. The molecule has 84 valence electrons. The van der Waals surface area contributed by atoms with Crippen molar-refractivity contribution >= 4 is 0 Å². The first-order valence-electron chi connectivity index (χ1n) is 4.76. The van der Waals surface area contributed by atoms with Crippen LogP contribution >= 0.6 is 0 Å². The third-order valence-electron chi connectivity index (χ3n) is 2.17. The van der Waals surface area contributed by atoms with Crippen molar-refractivity contribution < 1.29 is 13.9 Å². The van der Waals surface area contributed by atoms with E-state index in [-0.39, 0.29) is 5.75 Å². The molecule has 0 saturated carbocycles. The van der Waals surface area contributed by atoms with E-state index in [1.807, 2.05) is 0 Å². The van der Waals surface area contributed by atoms with Crippen LogP contribution in [-0.4, -0.2) is 21.3 Å². The molecule has 0 bridgehead atoms. The van der Waals surface area contributed by atoms with Gasteiger partial charge in [0, 0.05) is 17.3 Å². The Morgan fingerprint density at radius 2 is 2.06 bits per heavy atom. The van der Waals surface area contributed by atoms with E-state index in [1.165, 1.54) is 12.4 Å². The van der Waals surface area contributed by atoms with Crippen LogP contribution in [0.1, 0.15) is 0 Å². The van der Waals surface area contributed by atoms with E-state index in [0.717, 1.165) is 4.68 Å². The number of phenols is 1. The van der Waals surface area contributed by atoms with Crippen molar-refractivity contribution in [2.75, 3.05) is 0 Å². The number of rotatable bonds is 3. The van der Waals surface area contributed by atoms with E-state index in [0.29, 0.717) is 11.1 Å². The number of nitrogens with zero attached hydrogens (tertiary/aromatic N) is 2. The number of hydrogen-bond donors (Lipinski definition) is 1. The molecule has 0 aliphatic rings. The lowest BCUT2D eigenvalue weighted by Gasteiger charge is -2.00. The summed E-state index contributed by atoms with van der Waals surface area (Å²) in [6.45, 7) is -0.437. The van der Waals surface area contributed by atoms with Crippen LogP contribution in [0.25, 0.3) is 11.1 Å². The third kappa shape index (κ3) is 2.18. The fourth-order valence-corrected chi connectivity index (χ4v) is 1.46. The van der Waals surface area contributed by atoms with Crippen LogP contribution in [0.15, 0.2) is 36.7 Å². The predicted molar refractivity (Wildman–Crippen MR) is 55.3 cm³/mol. The lowest BCUT2D eigenvalue weighted by atomic mass is 10.1. The van der Waals surface area contributed by atoms with Gasteiger partial charge in [0.25, 0.3) is 6.43 Å². The van der Waals surface area contributed by atoms with Gasteiger partial charge >= 0.3 is 0 Å². The molecule has 0 spiro atoms. The first-order valence-corrected chi connectivity index (χ1v) is 4.76. The van der Waals surface area contributed by atoms with Crippen molar-refractivity contribution in [1.82, 2.24) is 9.78 Å². The second-order valence-electron chi connectivity index (χ2n) is 3.36. The SMILES string of the molecule is Oc1ccccc1-c1cnn(CC(F)F)c1. The zero-order chi connectivity index (χ0) is 11.5. The van der Waals surface area contributed by atoms with Gasteiger partial charge in [-0.15, -0.1) is 0 Å². The van der Waals surface area contributed by atoms with Gasteiger partial charge in [0.15, 0.2) is 0 Å². The number of aromatic nitrogens is 2. The second-order valence-corrected chi connectivity index (χ2v) is 3.36. The lowest BCUT2D eigenvalue weighted by Crippen LogP contribution is -2.06. The van der Waals surface area contributed by atoms with Gasteiger partial charge in [0.1, 0.15) is 12.3 Å². The smallest absolute Gasteiger partial charge is 0.257 e. The topological polar surface area (TPSA) is 38.1 Å². The van der Waals surface area contributed by atoms with Crippen LogP contribution in [-0.2, 0) is 6.54 Å². The maximum atomic E-state index is 12.1. The molecule has 0 radical (unpaired) electrons. The van der Waals surface area contributed by atoms with Crippen molar-refractivity contribution in [3.05, 3.63) is 36.7 Å². The molecule has 1 aromatic carbocycles. The normalized spacial score (nSPS) is 10.9. The Morgan fingerprint density at radius 1 is 1.31 bits per heavy atom. The number of hydrogen-bond acceptors (Lipinski definition) is 2. The van der Waals surface area contributed by atoms with Gasteiger partial charge in [0.2, 0.25) is 0 Å². The summed E-state index contributed by atoms with van der Waals surface area (Å²) >= 11 is 0. The van der Waals surface area contributed by atoms with Gasteiger partial charge in [-0.05, 0) is 6.07 Å². The van der Waals surface area contributed by atoms with Crippen LogP contribution in [0.3, 0.4) is 0 Å². The summed E-state index contributed by atoms with van der Waals surface area (Å²) in [7, 11) is 0. The summed E-state index contributed by atoms with van der Waals surface area (Å²) in [5.41, 5.74) is 1.21. The number of para-hydroxylation sites is 1. The summed E-state index contributed by atoms with van der Waals surface area (Å²) in [4.78, 5) is 0. The molecule has 1 aromatic heterocycles. The van der Waals surface area contributed by atoms with Crippen LogP contribution in [0.2, 0.25) is 0 Å². The Labute approximate surface area is 91.0 Å². The number of benzene rings is 1. The highest BCUT2D eigenvalue weighted by molar-refractivity contribution is 5.68. The van der Waals surface area contributed by atoms with Crippen molar-refractivity contribution in [1.29, 1.82) is 0 Å². The fourth-order valence-electron chi connectivity index (χ4n) is 1.46. The highest BCUT2D eigenvalue weighted by atomic mass is 19.3. The molecule has 0 fully saturated rings. The molecule has 1 N–H and O–H groups in total. The molecule has 0 atom stereocenters. The van der Waals surface area contributed by atoms with Crippen LogP contribution in [0.4, 0.5) is 8.78 Å². The minimum absolute atomic E-state index is 0.110. The van der Waals surface area contributed by atoms with Crippen molar-refractivity contribution in [3.63, 3.8) is 0 Å². The van der Waals surface area contributed by atoms with Crippen LogP contribution in [0, 0.1) is 0 Å². The molecule has 5 heteroatoms. The van der Waals surface area contributed by atoms with E-state index in [2.05, 4.69) is 5.10 Å². The monoisotopic (exact) mass is 224 g/mol. The molecular weight excluding hydrogens is 214 g/mol. The number of alkyl halides is 2. The molecule has 0 aliphatic heterocycles. The lowest BCUT2D eigenvalue weighted by molar-refractivity contribution is 0.122. The Morgan fingerprint density at radius 3 is 2.75 bits per heavy atom. The highest BCUT2D eigenvalue weighted by Gasteiger charge is 2.08. The summed E-state index contributed by atoms with van der Waals surface area (Å²) < 4.78 is 25.4. The average molecular weight is 224 g/mol. The van der Waals surface area contributed by atoms with E-state index in [9.17, 15) is 13.9 Å². The van der Waals surface area contributed by atoms with Crippen LogP contribution in [0.5, 0.6) is 5.75 Å². The minimum Gasteiger partial charge on any atom is -0.507 e. The third-order valence-corrected chi connectivity index (χ3v) is 2.17. The van der Waals surface area contributed by atoms with Gasteiger partial charge in [-0.2, -0.15) is 5.10 Å². The summed E-state index contributed by atoms with van der Waals surface area (Å²) in [6.07, 6.45) is 0.510. The summed E-state index contributed by atoms with van der Waals surface area (Å²) in [5.74, 6) is 0.110. The van der Waals surface area contributed by atoms with Crippen LogP contribution < -0.4 is 0 Å². The quantitative estimate of drug-likeness (QED) is 0.869. The molecule has 2 aromatic rings. The Balaban J connectivity index is 2.28. The largest absolute Gasteiger partial charge is 0.507 e. The maximum absolute atomic E-state index is 12.1. The van der Waals surface area contributed by atoms with Crippen molar-refractivity contribution in [2.24, 2.45) is 0 Å². The Kier molecular flexibility index (Phi) is 2.85. The first kappa shape index (κ1) is 10.6. The fraction of sp³-hybridized carbons (Fsp3) is 0.182. The van der Waals surface area contributed by atoms with E-state index in [4.69, 9.17) is 0 Å². The van der Waals surface area contributed by atoms with Gasteiger partial charge in [-0.1, -0.05) is 18.2 Å². The van der Waals surface area contributed by atoms with Gasteiger partial charge in [-0.25, -0.2) is 8.78 Å². The molecule has 1 heterocycles. The minimum atomic E-state index is -2.43. The predicted octanol–water partition coefficient (Wildman–Crippen LogP) is 2.52.